The van der Waals surface area contributed by atoms with E-state index in [1.165, 1.54) is 12.1 Å². The number of aryl methyl sites for hydroxylation is 1. The lowest BCUT2D eigenvalue weighted by molar-refractivity contribution is -0.110. The number of anilines is 1. The molecule has 4 rings (SSSR count). The zero-order valence-corrected chi connectivity index (χ0v) is 20.4. The van der Waals surface area contributed by atoms with Gasteiger partial charge in [-0.1, -0.05) is 20.8 Å². The lowest BCUT2D eigenvalue weighted by Gasteiger charge is -2.36. The van der Waals surface area contributed by atoms with Crippen LogP contribution in [0.5, 0.6) is 0 Å². The first-order chi connectivity index (χ1) is 15.0. The molecule has 2 aromatic rings. The summed E-state index contributed by atoms with van der Waals surface area (Å²) >= 11 is 0. The number of amides is 1. The van der Waals surface area contributed by atoms with Crippen molar-refractivity contribution in [2.24, 2.45) is 0 Å². The van der Waals surface area contributed by atoms with Crippen molar-refractivity contribution in [3.05, 3.63) is 65.4 Å². The minimum atomic E-state index is -1.71. The number of benzene rings is 1. The number of allylic oxidation sites excluding steroid dienone is 1. The van der Waals surface area contributed by atoms with Crippen molar-refractivity contribution < 1.29 is 18.3 Å². The SMILES string of the molecule is CC(C)(C)[Si](C)(C)OCCCn1ccc(C2=CC(=C3C(=O)Nc4cc(F)ccc43)OC2)c1. The molecule has 2 aliphatic heterocycles. The van der Waals surface area contributed by atoms with Crippen LogP contribution in [0.4, 0.5) is 10.1 Å². The van der Waals surface area contributed by atoms with Crippen LogP contribution in [0.1, 0.15) is 38.3 Å². The summed E-state index contributed by atoms with van der Waals surface area (Å²) in [5.74, 6) is -0.120. The molecule has 1 aromatic heterocycles. The van der Waals surface area contributed by atoms with Gasteiger partial charge >= 0.3 is 0 Å². The van der Waals surface area contributed by atoms with E-state index in [0.29, 0.717) is 29.2 Å². The number of fused-ring (bicyclic) bond motifs is 1. The van der Waals surface area contributed by atoms with E-state index in [-0.39, 0.29) is 16.8 Å². The van der Waals surface area contributed by atoms with Crippen LogP contribution in [0.15, 0.2) is 48.5 Å². The van der Waals surface area contributed by atoms with Gasteiger partial charge in [0.15, 0.2) is 8.32 Å². The fourth-order valence-electron chi connectivity index (χ4n) is 3.66. The molecule has 32 heavy (non-hydrogen) atoms. The van der Waals surface area contributed by atoms with E-state index in [1.807, 2.05) is 6.08 Å². The lowest BCUT2D eigenvalue weighted by Crippen LogP contribution is -2.41. The summed E-state index contributed by atoms with van der Waals surface area (Å²) in [6.07, 6.45) is 7.04. The first-order valence-corrected chi connectivity index (χ1v) is 13.9. The van der Waals surface area contributed by atoms with Gasteiger partial charge in [-0.05, 0) is 60.5 Å². The molecular formula is C25H31FN2O3Si. The van der Waals surface area contributed by atoms with Gasteiger partial charge in [-0.2, -0.15) is 0 Å². The average Bonchev–Trinajstić information content (AvgIpc) is 3.41. The van der Waals surface area contributed by atoms with Crippen LogP contribution in [0, 0.1) is 5.82 Å². The molecule has 0 bridgehead atoms. The van der Waals surface area contributed by atoms with E-state index in [0.717, 1.165) is 30.7 Å². The van der Waals surface area contributed by atoms with Crippen molar-refractivity contribution in [2.75, 3.05) is 18.5 Å². The molecule has 0 unspecified atom stereocenters. The van der Waals surface area contributed by atoms with Gasteiger partial charge in [0.05, 0.1) is 11.3 Å². The van der Waals surface area contributed by atoms with Crippen molar-refractivity contribution in [3.8, 4) is 0 Å². The maximum absolute atomic E-state index is 13.5. The second-order valence-electron chi connectivity index (χ2n) is 9.94. The molecule has 0 spiro atoms. The Morgan fingerprint density at radius 2 is 2.03 bits per heavy atom. The summed E-state index contributed by atoms with van der Waals surface area (Å²) in [7, 11) is -1.71. The van der Waals surface area contributed by atoms with Crippen molar-refractivity contribution >= 4 is 31.1 Å². The average molecular weight is 455 g/mol. The largest absolute Gasteiger partial charge is 0.488 e. The van der Waals surface area contributed by atoms with Crippen LogP contribution < -0.4 is 5.32 Å². The minimum absolute atomic E-state index is 0.222. The van der Waals surface area contributed by atoms with E-state index in [4.69, 9.17) is 9.16 Å². The van der Waals surface area contributed by atoms with E-state index in [2.05, 4.69) is 62.2 Å². The number of carbonyl (C=O) groups excluding carboxylic acids is 1. The number of nitrogens with one attached hydrogen (secondary N) is 1. The summed E-state index contributed by atoms with van der Waals surface area (Å²) in [6.45, 7) is 13.4. The number of halogens is 1. The normalized spacial score (nSPS) is 18.4. The second-order valence-corrected chi connectivity index (χ2v) is 14.8. The summed E-state index contributed by atoms with van der Waals surface area (Å²) < 4.78 is 27.8. The molecule has 0 saturated carbocycles. The molecule has 2 aliphatic rings. The molecule has 0 saturated heterocycles. The molecule has 1 N–H and O–H groups in total. The molecule has 0 fully saturated rings. The Morgan fingerprint density at radius 3 is 2.78 bits per heavy atom. The highest BCUT2D eigenvalue weighted by molar-refractivity contribution is 6.74. The number of hydrogen-bond donors (Lipinski definition) is 1. The Morgan fingerprint density at radius 1 is 1.25 bits per heavy atom. The number of aromatic nitrogens is 1. The highest BCUT2D eigenvalue weighted by atomic mass is 28.4. The fraction of sp³-hybridized carbons (Fsp3) is 0.400. The zero-order valence-electron chi connectivity index (χ0n) is 19.4. The number of ether oxygens (including phenoxy) is 1. The highest BCUT2D eigenvalue weighted by Crippen LogP contribution is 2.38. The number of carbonyl (C=O) groups is 1. The van der Waals surface area contributed by atoms with Gasteiger partial charge < -0.3 is 19.0 Å². The molecule has 0 atom stereocenters. The minimum Gasteiger partial charge on any atom is -0.488 e. The molecule has 1 aromatic carbocycles. The van der Waals surface area contributed by atoms with Gasteiger partial charge in [-0.25, -0.2) is 4.39 Å². The summed E-state index contributed by atoms with van der Waals surface area (Å²) in [5.41, 5.74) is 3.70. The molecule has 0 radical (unpaired) electrons. The van der Waals surface area contributed by atoms with Crippen molar-refractivity contribution in [3.63, 3.8) is 0 Å². The predicted octanol–water partition coefficient (Wildman–Crippen LogP) is 5.82. The number of hydrogen-bond acceptors (Lipinski definition) is 3. The summed E-state index contributed by atoms with van der Waals surface area (Å²) in [5, 5.41) is 2.93. The van der Waals surface area contributed by atoms with Gasteiger partial charge in [0, 0.05) is 36.7 Å². The standard InChI is InChI=1S/C25H31FN2O3Si/c1-25(2,3)32(4,5)31-12-6-10-28-11-9-17(15-28)18-13-22(30-16-18)23-20-8-7-19(26)14-21(20)27-24(23)29/h7-9,11,13-15H,6,10,12,16H2,1-5H3,(H,27,29). The Kier molecular flexibility index (Phi) is 5.90. The smallest absolute Gasteiger partial charge is 0.260 e. The summed E-state index contributed by atoms with van der Waals surface area (Å²) in [6, 6.07) is 6.36. The van der Waals surface area contributed by atoms with Gasteiger partial charge in [0.25, 0.3) is 5.91 Å². The monoisotopic (exact) mass is 454 g/mol. The third kappa shape index (κ3) is 4.45. The maximum Gasteiger partial charge on any atom is 0.260 e. The Bertz CT molecular complexity index is 1110. The summed E-state index contributed by atoms with van der Waals surface area (Å²) in [4.78, 5) is 12.4. The maximum atomic E-state index is 13.5. The molecule has 3 heterocycles. The fourth-order valence-corrected chi connectivity index (χ4v) is 4.75. The molecule has 7 heteroatoms. The van der Waals surface area contributed by atoms with Crippen LogP contribution in [0.2, 0.25) is 18.1 Å². The van der Waals surface area contributed by atoms with Crippen molar-refractivity contribution in [2.45, 2.75) is 51.9 Å². The van der Waals surface area contributed by atoms with Gasteiger partial charge in [-0.15, -0.1) is 0 Å². The van der Waals surface area contributed by atoms with Crippen LogP contribution in [-0.4, -0.2) is 32.0 Å². The third-order valence-corrected chi connectivity index (χ3v) is 11.2. The van der Waals surface area contributed by atoms with Gasteiger partial charge in [0.1, 0.15) is 18.2 Å². The van der Waals surface area contributed by atoms with E-state index in [1.54, 1.807) is 6.07 Å². The van der Waals surface area contributed by atoms with Crippen LogP contribution in [0.3, 0.4) is 0 Å². The quantitative estimate of drug-likeness (QED) is 0.340. The van der Waals surface area contributed by atoms with Crippen LogP contribution in [0.25, 0.3) is 11.1 Å². The first-order valence-electron chi connectivity index (χ1n) is 11.0. The van der Waals surface area contributed by atoms with E-state index in [9.17, 15) is 9.18 Å². The Hall–Kier alpha value is -2.64. The molecular weight excluding hydrogens is 423 g/mol. The Labute approximate surface area is 190 Å². The highest BCUT2D eigenvalue weighted by Gasteiger charge is 2.36. The Balaban J connectivity index is 1.42. The molecule has 170 valence electrons. The predicted molar refractivity (Wildman–Crippen MR) is 128 cm³/mol. The van der Waals surface area contributed by atoms with Crippen molar-refractivity contribution in [1.29, 1.82) is 0 Å². The zero-order chi connectivity index (χ0) is 23.1. The number of nitrogens with zero attached hydrogens (tertiary/aromatic N) is 1. The molecule has 1 amide bonds. The van der Waals surface area contributed by atoms with Gasteiger partial charge in [-0.3, -0.25) is 4.79 Å². The molecule has 0 aliphatic carbocycles. The number of rotatable bonds is 6. The molecule has 5 nitrogen and oxygen atoms in total. The lowest BCUT2D eigenvalue weighted by atomic mass is 10.0. The first kappa shape index (κ1) is 22.5. The van der Waals surface area contributed by atoms with E-state index < -0.39 is 8.32 Å². The topological polar surface area (TPSA) is 52.5 Å². The van der Waals surface area contributed by atoms with E-state index >= 15 is 0 Å². The van der Waals surface area contributed by atoms with Crippen LogP contribution in [-0.2, 0) is 20.5 Å². The second kappa shape index (κ2) is 8.37. The third-order valence-electron chi connectivity index (χ3n) is 6.61. The van der Waals surface area contributed by atoms with Crippen molar-refractivity contribution in [1.82, 2.24) is 4.57 Å². The van der Waals surface area contributed by atoms with Crippen LogP contribution >= 0.6 is 0 Å². The van der Waals surface area contributed by atoms with Gasteiger partial charge in [0.2, 0.25) is 0 Å².